The monoisotopic (exact) mass is 417 g/mol. The van der Waals surface area contributed by atoms with Crippen molar-refractivity contribution in [2.24, 2.45) is 0 Å². The van der Waals surface area contributed by atoms with E-state index in [1.54, 1.807) is 25.3 Å². The van der Waals surface area contributed by atoms with Gasteiger partial charge in [0.15, 0.2) is 0 Å². The van der Waals surface area contributed by atoms with Gasteiger partial charge in [0.2, 0.25) is 0 Å². The first-order valence-electron chi connectivity index (χ1n) is 9.45. The Bertz CT molecular complexity index is 1050. The molecule has 0 radical (unpaired) electrons. The number of amides is 1. The van der Waals surface area contributed by atoms with Gasteiger partial charge in [-0.05, 0) is 24.6 Å². The molecule has 0 saturated carbocycles. The SMILES string of the molecule is C=CCSC1=C(C#N)[C@@H](c2ccccc2)C(C(=O)Nc2ccccc2OC)=C(C)N1. The molecule has 2 aromatic rings. The minimum Gasteiger partial charge on any atom is -0.495 e. The second kappa shape index (κ2) is 9.86. The summed E-state index contributed by atoms with van der Waals surface area (Å²) in [6, 6.07) is 19.2. The highest BCUT2D eigenvalue weighted by Gasteiger charge is 2.34. The molecule has 1 aliphatic heterocycles. The molecule has 2 aromatic carbocycles. The van der Waals surface area contributed by atoms with Crippen LogP contribution in [0.15, 0.2) is 89.1 Å². The summed E-state index contributed by atoms with van der Waals surface area (Å²) >= 11 is 1.50. The second-order valence-corrected chi connectivity index (χ2v) is 7.65. The molecule has 0 spiro atoms. The molecule has 1 heterocycles. The number of nitrogens with zero attached hydrogens (tertiary/aromatic N) is 1. The maximum Gasteiger partial charge on any atom is 0.254 e. The van der Waals surface area contributed by atoms with Crippen LogP contribution in [0, 0.1) is 11.3 Å². The van der Waals surface area contributed by atoms with Crippen molar-refractivity contribution in [3.8, 4) is 11.8 Å². The standard InChI is InChI=1S/C24H23N3O2S/c1-4-14-30-24-18(15-25)22(17-10-6-5-7-11-17)21(16(2)26-24)23(28)27-19-12-8-9-13-20(19)29-3/h4-13,22,26H,1,14H2,2-3H3,(H,27,28)/t22-/m1/s1. The maximum absolute atomic E-state index is 13.4. The number of hydrogen-bond donors (Lipinski definition) is 2. The molecule has 0 bridgehead atoms. The van der Waals surface area contributed by atoms with Gasteiger partial charge < -0.3 is 15.4 Å². The summed E-state index contributed by atoms with van der Waals surface area (Å²) in [6.07, 6.45) is 1.79. The highest BCUT2D eigenvalue weighted by Crippen LogP contribution is 2.41. The summed E-state index contributed by atoms with van der Waals surface area (Å²) < 4.78 is 5.35. The predicted molar refractivity (Wildman–Crippen MR) is 122 cm³/mol. The summed E-state index contributed by atoms with van der Waals surface area (Å²) in [5.41, 5.74) is 3.19. The Morgan fingerprint density at radius 3 is 2.63 bits per heavy atom. The Morgan fingerprint density at radius 1 is 1.27 bits per heavy atom. The number of dihydropyridines is 1. The number of allylic oxidation sites excluding steroid dienone is 2. The van der Waals surface area contributed by atoms with Gasteiger partial charge in [0.05, 0.1) is 35.4 Å². The molecule has 0 aromatic heterocycles. The Balaban J connectivity index is 2.06. The number of nitriles is 1. The molecule has 0 fully saturated rings. The van der Waals surface area contributed by atoms with E-state index in [4.69, 9.17) is 4.74 Å². The minimum absolute atomic E-state index is 0.279. The summed E-state index contributed by atoms with van der Waals surface area (Å²) in [5.74, 6) is 0.478. The van der Waals surface area contributed by atoms with E-state index < -0.39 is 5.92 Å². The first-order chi connectivity index (χ1) is 14.6. The fraction of sp³-hybridized carbons (Fsp3) is 0.167. The quantitative estimate of drug-likeness (QED) is 0.624. The van der Waals surface area contributed by atoms with Gasteiger partial charge in [-0.15, -0.1) is 18.3 Å². The van der Waals surface area contributed by atoms with Crippen molar-refractivity contribution >= 4 is 23.4 Å². The number of ether oxygens (including phenoxy) is 1. The summed E-state index contributed by atoms with van der Waals surface area (Å²) in [5, 5.41) is 16.9. The average Bonchev–Trinajstić information content (AvgIpc) is 2.77. The van der Waals surface area contributed by atoms with E-state index in [0.717, 1.165) is 10.6 Å². The van der Waals surface area contributed by atoms with Gasteiger partial charge in [-0.3, -0.25) is 4.79 Å². The number of rotatable bonds is 7. The molecular weight excluding hydrogens is 394 g/mol. The molecule has 0 saturated heterocycles. The lowest BCUT2D eigenvalue weighted by Gasteiger charge is -2.30. The molecule has 6 heteroatoms. The summed E-state index contributed by atoms with van der Waals surface area (Å²) in [4.78, 5) is 13.4. The Kier molecular flexibility index (Phi) is 6.99. The molecule has 0 aliphatic carbocycles. The summed E-state index contributed by atoms with van der Waals surface area (Å²) in [7, 11) is 1.56. The Morgan fingerprint density at radius 2 is 1.97 bits per heavy atom. The number of anilines is 1. The molecule has 152 valence electrons. The van der Waals surface area contributed by atoms with Crippen molar-refractivity contribution in [1.29, 1.82) is 5.26 Å². The minimum atomic E-state index is -0.473. The van der Waals surface area contributed by atoms with E-state index in [1.165, 1.54) is 11.8 Å². The number of carbonyl (C=O) groups excluding carboxylic acids is 1. The average molecular weight is 418 g/mol. The van der Waals surface area contributed by atoms with Crippen LogP contribution in [0.4, 0.5) is 5.69 Å². The van der Waals surface area contributed by atoms with Gasteiger partial charge in [-0.25, -0.2) is 0 Å². The lowest BCUT2D eigenvalue weighted by molar-refractivity contribution is -0.113. The number of nitrogens with one attached hydrogen (secondary N) is 2. The molecule has 1 aliphatic rings. The van der Waals surface area contributed by atoms with Crippen LogP contribution in [0.2, 0.25) is 0 Å². The maximum atomic E-state index is 13.4. The van der Waals surface area contributed by atoms with Crippen LogP contribution in [0.5, 0.6) is 5.75 Å². The third-order valence-corrected chi connectivity index (χ3v) is 5.74. The molecule has 5 nitrogen and oxygen atoms in total. The van der Waals surface area contributed by atoms with E-state index in [0.29, 0.717) is 34.0 Å². The van der Waals surface area contributed by atoms with Crippen LogP contribution in [0.1, 0.15) is 18.4 Å². The molecule has 3 rings (SSSR count). The number of benzene rings is 2. The van der Waals surface area contributed by atoms with Gasteiger partial charge in [-0.2, -0.15) is 5.26 Å². The van der Waals surface area contributed by atoms with Gasteiger partial charge in [0, 0.05) is 17.0 Å². The third-order valence-electron chi connectivity index (χ3n) is 4.73. The van der Waals surface area contributed by atoms with Crippen LogP contribution >= 0.6 is 11.8 Å². The van der Waals surface area contributed by atoms with Crippen LogP contribution in [0.25, 0.3) is 0 Å². The van der Waals surface area contributed by atoms with Crippen molar-refractivity contribution in [3.63, 3.8) is 0 Å². The molecule has 0 unspecified atom stereocenters. The zero-order valence-corrected chi connectivity index (χ0v) is 17.8. The lowest BCUT2D eigenvalue weighted by Crippen LogP contribution is -2.30. The van der Waals surface area contributed by atoms with Gasteiger partial charge in [-0.1, -0.05) is 48.5 Å². The largest absolute Gasteiger partial charge is 0.495 e. The fourth-order valence-corrected chi connectivity index (χ4v) is 4.21. The van der Waals surface area contributed by atoms with Crippen molar-refractivity contribution in [2.45, 2.75) is 12.8 Å². The van der Waals surface area contributed by atoms with Gasteiger partial charge in [0.25, 0.3) is 5.91 Å². The van der Waals surface area contributed by atoms with Crippen LogP contribution in [0.3, 0.4) is 0 Å². The van der Waals surface area contributed by atoms with E-state index in [2.05, 4.69) is 23.3 Å². The smallest absolute Gasteiger partial charge is 0.254 e. The lowest BCUT2D eigenvalue weighted by atomic mass is 9.82. The Labute approximate surface area is 181 Å². The number of hydrogen-bond acceptors (Lipinski definition) is 5. The molecule has 1 atom stereocenters. The summed E-state index contributed by atoms with van der Waals surface area (Å²) in [6.45, 7) is 5.61. The zero-order valence-electron chi connectivity index (χ0n) is 16.9. The number of thioether (sulfide) groups is 1. The van der Waals surface area contributed by atoms with Crippen molar-refractivity contribution < 1.29 is 9.53 Å². The number of para-hydroxylation sites is 2. The van der Waals surface area contributed by atoms with E-state index in [-0.39, 0.29) is 5.91 Å². The molecule has 1 amide bonds. The van der Waals surface area contributed by atoms with Crippen molar-refractivity contribution in [2.75, 3.05) is 18.2 Å². The van der Waals surface area contributed by atoms with Gasteiger partial charge >= 0.3 is 0 Å². The first-order valence-corrected chi connectivity index (χ1v) is 10.4. The van der Waals surface area contributed by atoms with E-state index >= 15 is 0 Å². The van der Waals surface area contributed by atoms with Crippen molar-refractivity contribution in [3.05, 3.63) is 94.7 Å². The highest BCUT2D eigenvalue weighted by molar-refractivity contribution is 8.03. The molecule has 2 N–H and O–H groups in total. The van der Waals surface area contributed by atoms with Crippen LogP contribution < -0.4 is 15.4 Å². The normalized spacial score (nSPS) is 15.8. The topological polar surface area (TPSA) is 74.2 Å². The Hall–Kier alpha value is -3.43. The van der Waals surface area contributed by atoms with Crippen LogP contribution in [-0.4, -0.2) is 18.8 Å². The van der Waals surface area contributed by atoms with Crippen molar-refractivity contribution in [1.82, 2.24) is 5.32 Å². The second-order valence-electron chi connectivity index (χ2n) is 6.62. The highest BCUT2D eigenvalue weighted by atomic mass is 32.2. The number of methoxy groups -OCH3 is 1. The predicted octanol–water partition coefficient (Wildman–Crippen LogP) is 4.95. The fourth-order valence-electron chi connectivity index (χ4n) is 3.39. The zero-order chi connectivity index (χ0) is 21.5. The molecule has 30 heavy (non-hydrogen) atoms. The van der Waals surface area contributed by atoms with E-state index in [1.807, 2.05) is 49.4 Å². The van der Waals surface area contributed by atoms with Crippen LogP contribution in [-0.2, 0) is 4.79 Å². The van der Waals surface area contributed by atoms with Gasteiger partial charge in [0.1, 0.15) is 5.75 Å². The molecular formula is C24H23N3O2S. The number of carbonyl (C=O) groups is 1. The van der Waals surface area contributed by atoms with E-state index in [9.17, 15) is 10.1 Å². The third kappa shape index (κ3) is 4.42. The first kappa shape index (κ1) is 21.3.